The molecule has 1 aromatic carbocycles. The van der Waals surface area contributed by atoms with E-state index in [-0.39, 0.29) is 31.4 Å². The van der Waals surface area contributed by atoms with Gasteiger partial charge in [-0.25, -0.2) is 17.5 Å². The van der Waals surface area contributed by atoms with E-state index >= 15 is 0 Å². The number of methoxy groups -OCH3 is 2. The van der Waals surface area contributed by atoms with Gasteiger partial charge in [0.25, 0.3) is 0 Å². The monoisotopic (exact) mass is 1200 g/mol. The maximum Gasteiger partial charge on any atom is 0.311 e. The minimum Gasteiger partial charge on any atom is -0.459 e. The number of nitrogens with zero attached hydrogens (tertiary/aromatic N) is 3. The van der Waals surface area contributed by atoms with Crippen molar-refractivity contribution in [1.29, 1.82) is 0 Å². The third-order valence-corrected chi connectivity index (χ3v) is 17.8. The van der Waals surface area contributed by atoms with Gasteiger partial charge in [0.1, 0.15) is 48.8 Å². The van der Waals surface area contributed by atoms with E-state index in [4.69, 9.17) is 33.2 Å². The molecular weight excluding hydrogens is 1110 g/mol. The van der Waals surface area contributed by atoms with Crippen LogP contribution in [0.5, 0.6) is 0 Å². The number of carbonyl (C=O) groups is 1. The number of ether oxygens (including phenoxy) is 7. The van der Waals surface area contributed by atoms with Crippen LogP contribution in [0.1, 0.15) is 118 Å². The summed E-state index contributed by atoms with van der Waals surface area (Å²) in [6.07, 6.45) is -4.04. The van der Waals surface area contributed by atoms with Crippen molar-refractivity contribution in [3.05, 3.63) is 47.3 Å². The number of carbonyl (C=O) groups excluding carboxylic acids is 1. The molecule has 0 amide bonds. The number of benzene rings is 1. The lowest BCUT2D eigenvalue weighted by atomic mass is 9.83. The van der Waals surface area contributed by atoms with Gasteiger partial charge in [-0.1, -0.05) is 60.7 Å². The van der Waals surface area contributed by atoms with Crippen molar-refractivity contribution in [3.63, 3.8) is 0 Å². The highest BCUT2D eigenvalue weighted by Crippen LogP contribution is 2.40. The van der Waals surface area contributed by atoms with Crippen LogP contribution in [0.2, 0.25) is 0 Å². The Kier molecular flexibility index (Phi) is 23.0. The molecule has 23 heteroatoms. The first kappa shape index (κ1) is 63.9. The molecule has 0 saturated carbocycles. The molecule has 0 radical (unpaired) electrons. The molecule has 4 aliphatic rings. The summed E-state index contributed by atoms with van der Waals surface area (Å²) in [6, 6.07) is 5.30. The van der Waals surface area contributed by atoms with Gasteiger partial charge in [-0.15, -0.1) is 5.53 Å². The molecule has 1 aromatic rings. The lowest BCUT2D eigenvalue weighted by Gasteiger charge is -2.48. The van der Waals surface area contributed by atoms with E-state index in [1.807, 2.05) is 51.6 Å². The first-order chi connectivity index (χ1) is 35.0. The predicted molar refractivity (Wildman–Crippen MR) is 289 cm³/mol. The highest BCUT2D eigenvalue weighted by molar-refractivity contribution is 14.1. The Morgan fingerprint density at radius 3 is 2.28 bits per heavy atom. The number of halogens is 2. The molecule has 432 valence electrons. The summed E-state index contributed by atoms with van der Waals surface area (Å²) in [5, 5.41) is 50.4. The second-order valence-electron chi connectivity index (χ2n) is 22.5. The Hall–Kier alpha value is -1.92. The second kappa shape index (κ2) is 27.0. The molecule has 0 spiro atoms. The molecule has 0 aliphatic carbocycles. The van der Waals surface area contributed by atoms with Crippen molar-refractivity contribution in [1.82, 2.24) is 30.5 Å². The Labute approximate surface area is 459 Å². The Balaban J connectivity index is 1.40. The third kappa shape index (κ3) is 16.6. The largest absolute Gasteiger partial charge is 0.459 e. The number of aliphatic hydroxyl groups is 4. The van der Waals surface area contributed by atoms with Crippen LogP contribution < -0.4 is 15.7 Å². The highest BCUT2D eigenvalue weighted by atomic mass is 127. The van der Waals surface area contributed by atoms with Gasteiger partial charge in [-0.05, 0) is 98.9 Å². The quantitative estimate of drug-likeness (QED) is 0.0628. The van der Waals surface area contributed by atoms with Gasteiger partial charge in [0.2, 0.25) is 10.0 Å². The average Bonchev–Trinajstić information content (AvgIpc) is 3.81. The van der Waals surface area contributed by atoms with Gasteiger partial charge in [0, 0.05) is 77.1 Å². The van der Waals surface area contributed by atoms with Gasteiger partial charge in [-0.2, -0.15) is 0 Å². The first-order valence-corrected chi connectivity index (χ1v) is 29.5. The molecule has 0 bridgehead atoms. The molecular formula is C52H90FIN6O14S. The molecule has 4 aliphatic heterocycles. The van der Waals surface area contributed by atoms with E-state index in [2.05, 4.69) is 38.3 Å². The normalized spacial score (nSPS) is 39.0. The number of rotatable bonds is 18. The van der Waals surface area contributed by atoms with Gasteiger partial charge in [0.15, 0.2) is 12.6 Å². The topological polar surface area (TPSA) is 243 Å². The number of likely N-dealkylation sites (N-methyl/N-ethyl adjacent to an activating group) is 2. The zero-order valence-corrected chi connectivity index (χ0v) is 49.5. The summed E-state index contributed by atoms with van der Waals surface area (Å²) in [5.41, 5.74) is 4.35. The zero-order chi connectivity index (χ0) is 56.0. The lowest BCUT2D eigenvalue weighted by molar-refractivity contribution is -0.296. The molecule has 20 nitrogen and oxygen atoms in total. The number of aliphatic hydroxyl groups excluding tert-OH is 2. The van der Waals surface area contributed by atoms with Crippen LogP contribution in [0.4, 0.5) is 4.39 Å². The molecule has 75 heavy (non-hydrogen) atoms. The van der Waals surface area contributed by atoms with E-state index < -0.39 is 123 Å². The van der Waals surface area contributed by atoms with Crippen molar-refractivity contribution in [2.24, 2.45) is 11.8 Å². The van der Waals surface area contributed by atoms with E-state index in [1.165, 1.54) is 14.0 Å². The minimum atomic E-state index is -3.38. The fraction of sp³-hybridized carbons (Fsp3) is 0.827. The maximum atomic E-state index is 14.9. The van der Waals surface area contributed by atoms with Crippen LogP contribution in [-0.2, 0) is 54.5 Å². The molecule has 7 N–H and O–H groups in total. The standard InChI is InChI=1S/C52H90FIN6O14S/c1-15-40-52(9,65)46(62)34(6)59(11)28-30(2)23-51(8,64)47(42(54)44(33(5)48(63)72-40)73-41-25-50(7,69-13)24-32(4)70-41)74-49-43(61)38(22-31(3)71-49)58(10)21-20-37-29-60(57-56-37)39(26-53)45(68-12)36-18-16-35(17-19-36)27-55-75(14,66)67/h16-19,29-34,38-47,49,55-57,61-62,64-65H,15,20-28H2,1-14H3/t30-,31-,32+,33-,34-,38+,39-,40-,41+,42+,43-,44-,45-,46-,47-,49+,50+,51-,52-/m1/s1. The number of sulfonamides is 1. The number of nitrogens with one attached hydrogen (secondary N) is 3. The summed E-state index contributed by atoms with van der Waals surface area (Å²) in [7, 11) is 3.51. The summed E-state index contributed by atoms with van der Waals surface area (Å²) in [6.45, 7) is 16.4. The van der Waals surface area contributed by atoms with Crippen LogP contribution in [-0.4, -0.2) is 198 Å². The maximum absolute atomic E-state index is 14.9. The van der Waals surface area contributed by atoms with Crippen LogP contribution in [0, 0.1) is 11.8 Å². The number of alkyl halides is 2. The molecule has 0 aromatic heterocycles. The number of cyclic esters (lactones) is 1. The smallest absolute Gasteiger partial charge is 0.311 e. The summed E-state index contributed by atoms with van der Waals surface area (Å²) in [4.78, 5) is 18.4. The first-order valence-electron chi connectivity index (χ1n) is 26.3. The number of hydrazine groups is 2. The Morgan fingerprint density at radius 1 is 1.01 bits per heavy atom. The molecule has 5 rings (SSSR count). The van der Waals surface area contributed by atoms with Crippen molar-refractivity contribution < 1.29 is 71.2 Å². The van der Waals surface area contributed by atoms with E-state index in [9.17, 15) is 38.0 Å². The van der Waals surface area contributed by atoms with Gasteiger partial charge < -0.3 is 68.8 Å². The van der Waals surface area contributed by atoms with Gasteiger partial charge in [-0.3, -0.25) is 9.80 Å². The molecule has 19 atom stereocenters. The molecule has 3 fully saturated rings. The molecule has 4 heterocycles. The zero-order valence-electron chi connectivity index (χ0n) is 46.6. The number of esters is 1. The van der Waals surface area contributed by atoms with Crippen LogP contribution in [0.3, 0.4) is 0 Å². The summed E-state index contributed by atoms with van der Waals surface area (Å²) < 4.78 is 84.2. The van der Waals surface area contributed by atoms with E-state index in [1.54, 1.807) is 70.3 Å². The van der Waals surface area contributed by atoms with Crippen molar-refractivity contribution in [2.75, 3.05) is 54.3 Å². The van der Waals surface area contributed by atoms with Crippen LogP contribution in [0.15, 0.2) is 36.2 Å². The van der Waals surface area contributed by atoms with E-state index in [0.29, 0.717) is 44.3 Å². The van der Waals surface area contributed by atoms with Crippen LogP contribution in [0.25, 0.3) is 0 Å². The van der Waals surface area contributed by atoms with Crippen molar-refractivity contribution in [3.8, 4) is 0 Å². The van der Waals surface area contributed by atoms with Crippen molar-refractivity contribution >= 4 is 38.6 Å². The third-order valence-electron chi connectivity index (χ3n) is 15.8. The SMILES string of the molecule is CC[C@H]1OC(=O)[C@H](C)[C@@H](O[C@H]2C[C@@](C)(OC)C[C@H](C)O2)[C@H](I)[C@@H](O[C@@H]2O[C@H](C)C[C@H](N(C)CCC3=CN([C@H](CF)[C@H](OC)c4ccc(CNS(C)(=O)=O)cc4)NN3)[C@H]2O)[C@](C)(O)C[C@@H](C)CN(C)[C@H](C)[C@@H](O)[C@]1(C)O. The van der Waals surface area contributed by atoms with Crippen LogP contribution >= 0.6 is 22.6 Å². The number of hydrogen-bond acceptors (Lipinski definition) is 19. The van der Waals surface area contributed by atoms with Gasteiger partial charge >= 0.3 is 5.97 Å². The highest BCUT2D eigenvalue weighted by Gasteiger charge is 2.52. The van der Waals surface area contributed by atoms with Crippen molar-refractivity contribution in [2.45, 2.75) is 208 Å². The Morgan fingerprint density at radius 2 is 1.68 bits per heavy atom. The average molecular weight is 1200 g/mol. The molecule has 0 unspecified atom stereocenters. The van der Waals surface area contributed by atoms with E-state index in [0.717, 1.165) is 17.5 Å². The number of hydrogen-bond donors (Lipinski definition) is 7. The minimum absolute atomic E-state index is 0.123. The molecule has 3 saturated heterocycles. The lowest BCUT2D eigenvalue weighted by Crippen LogP contribution is -2.61. The predicted octanol–water partition coefficient (Wildman–Crippen LogP) is 3.80. The fourth-order valence-corrected chi connectivity index (χ4v) is 13.4. The fourth-order valence-electron chi connectivity index (χ4n) is 11.2. The summed E-state index contributed by atoms with van der Waals surface area (Å²) in [5.74, 6) is -1.92. The van der Waals surface area contributed by atoms with Gasteiger partial charge in [0.05, 0.1) is 45.6 Å². The Bertz CT molecular complexity index is 2120. The summed E-state index contributed by atoms with van der Waals surface area (Å²) >= 11 is 2.17. The second-order valence-corrected chi connectivity index (χ2v) is 25.8.